The standard InChI is InChI=1S/C19H18N2O5/c1-12-7-9-13(10-8-12)18-20-16(26-21-18)11-25-19(22)14-5-4-6-15(23-2)17(14)24-3/h4-10H,11H2,1-3H3. The Morgan fingerprint density at radius 2 is 1.85 bits per heavy atom. The molecule has 0 spiro atoms. The molecule has 7 nitrogen and oxygen atoms in total. The quantitative estimate of drug-likeness (QED) is 0.627. The van der Waals surface area contributed by atoms with E-state index in [1.807, 2.05) is 31.2 Å². The molecule has 134 valence electrons. The van der Waals surface area contributed by atoms with Gasteiger partial charge >= 0.3 is 5.97 Å². The largest absolute Gasteiger partial charge is 0.493 e. The van der Waals surface area contributed by atoms with Gasteiger partial charge in [-0.25, -0.2) is 4.79 Å². The molecule has 2 aromatic carbocycles. The highest BCUT2D eigenvalue weighted by Crippen LogP contribution is 2.31. The highest BCUT2D eigenvalue weighted by molar-refractivity contribution is 5.93. The summed E-state index contributed by atoms with van der Waals surface area (Å²) in [5, 5.41) is 3.91. The lowest BCUT2D eigenvalue weighted by atomic mass is 10.1. The van der Waals surface area contributed by atoms with Crippen LogP contribution in [0.25, 0.3) is 11.4 Å². The van der Waals surface area contributed by atoms with Gasteiger partial charge in [-0.1, -0.05) is 41.1 Å². The van der Waals surface area contributed by atoms with Gasteiger partial charge in [0, 0.05) is 5.56 Å². The van der Waals surface area contributed by atoms with E-state index >= 15 is 0 Å². The first-order valence-electron chi connectivity index (χ1n) is 7.90. The van der Waals surface area contributed by atoms with Gasteiger partial charge in [0.1, 0.15) is 5.56 Å². The number of rotatable bonds is 6. The Bertz CT molecular complexity index is 903. The summed E-state index contributed by atoms with van der Waals surface area (Å²) in [5.74, 6) is 0.828. The van der Waals surface area contributed by atoms with E-state index in [1.54, 1.807) is 18.2 Å². The molecule has 3 aromatic rings. The number of hydrogen-bond acceptors (Lipinski definition) is 7. The fourth-order valence-electron chi connectivity index (χ4n) is 2.39. The zero-order chi connectivity index (χ0) is 18.5. The van der Waals surface area contributed by atoms with Crippen molar-refractivity contribution in [2.24, 2.45) is 0 Å². The zero-order valence-electron chi connectivity index (χ0n) is 14.7. The topological polar surface area (TPSA) is 83.7 Å². The molecule has 0 aliphatic rings. The summed E-state index contributed by atoms with van der Waals surface area (Å²) in [6.45, 7) is 1.86. The van der Waals surface area contributed by atoms with Gasteiger partial charge in [-0.15, -0.1) is 0 Å². The third kappa shape index (κ3) is 3.66. The molecule has 1 heterocycles. The summed E-state index contributed by atoms with van der Waals surface area (Å²) in [5.41, 5.74) is 2.22. The van der Waals surface area contributed by atoms with E-state index in [2.05, 4.69) is 10.1 Å². The first-order valence-corrected chi connectivity index (χ1v) is 7.90. The number of esters is 1. The van der Waals surface area contributed by atoms with Crippen LogP contribution >= 0.6 is 0 Å². The Kier molecular flexibility index (Phi) is 5.17. The van der Waals surface area contributed by atoms with Gasteiger partial charge < -0.3 is 18.7 Å². The van der Waals surface area contributed by atoms with Crippen molar-refractivity contribution in [3.63, 3.8) is 0 Å². The second kappa shape index (κ2) is 7.69. The van der Waals surface area contributed by atoms with Gasteiger partial charge in [0.2, 0.25) is 5.82 Å². The summed E-state index contributed by atoms with van der Waals surface area (Å²) >= 11 is 0. The molecule has 0 bridgehead atoms. The van der Waals surface area contributed by atoms with Crippen molar-refractivity contribution >= 4 is 5.97 Å². The van der Waals surface area contributed by atoms with Crippen LogP contribution in [-0.4, -0.2) is 30.3 Å². The maximum Gasteiger partial charge on any atom is 0.342 e. The number of carbonyl (C=O) groups is 1. The van der Waals surface area contributed by atoms with Gasteiger partial charge in [0.05, 0.1) is 14.2 Å². The van der Waals surface area contributed by atoms with Crippen molar-refractivity contribution < 1.29 is 23.5 Å². The maximum absolute atomic E-state index is 12.3. The van der Waals surface area contributed by atoms with Crippen molar-refractivity contribution in [3.05, 3.63) is 59.5 Å². The first kappa shape index (κ1) is 17.5. The lowest BCUT2D eigenvalue weighted by molar-refractivity contribution is 0.0425. The van der Waals surface area contributed by atoms with E-state index < -0.39 is 5.97 Å². The molecule has 0 saturated heterocycles. The Labute approximate surface area is 150 Å². The molecular weight excluding hydrogens is 336 g/mol. The van der Waals surface area contributed by atoms with E-state index in [1.165, 1.54) is 14.2 Å². The Morgan fingerprint density at radius 3 is 2.54 bits per heavy atom. The summed E-state index contributed by atoms with van der Waals surface area (Å²) in [4.78, 5) is 16.6. The number of carbonyl (C=O) groups excluding carboxylic acids is 1. The number of benzene rings is 2. The minimum absolute atomic E-state index is 0.141. The highest BCUT2D eigenvalue weighted by atomic mass is 16.6. The molecule has 0 unspecified atom stereocenters. The smallest absolute Gasteiger partial charge is 0.342 e. The van der Waals surface area contributed by atoms with Gasteiger partial charge in [0.15, 0.2) is 18.1 Å². The molecule has 0 saturated carbocycles. The monoisotopic (exact) mass is 354 g/mol. The van der Waals surface area contributed by atoms with Crippen molar-refractivity contribution in [1.29, 1.82) is 0 Å². The SMILES string of the molecule is COc1cccc(C(=O)OCc2nc(-c3ccc(C)cc3)no2)c1OC. The molecule has 0 atom stereocenters. The van der Waals surface area contributed by atoms with Crippen molar-refractivity contribution in [2.45, 2.75) is 13.5 Å². The van der Waals surface area contributed by atoms with E-state index in [-0.39, 0.29) is 18.1 Å². The van der Waals surface area contributed by atoms with Crippen LogP contribution in [0.5, 0.6) is 11.5 Å². The van der Waals surface area contributed by atoms with Crippen molar-refractivity contribution in [3.8, 4) is 22.9 Å². The summed E-state index contributed by atoms with van der Waals surface area (Å²) in [6, 6.07) is 12.7. The van der Waals surface area contributed by atoms with E-state index in [0.29, 0.717) is 17.3 Å². The van der Waals surface area contributed by atoms with Crippen molar-refractivity contribution in [1.82, 2.24) is 10.1 Å². The molecule has 0 radical (unpaired) electrons. The van der Waals surface area contributed by atoms with Gasteiger partial charge in [-0.05, 0) is 19.1 Å². The lowest BCUT2D eigenvalue weighted by Crippen LogP contribution is -2.08. The lowest BCUT2D eigenvalue weighted by Gasteiger charge is -2.11. The number of ether oxygens (including phenoxy) is 3. The summed E-state index contributed by atoms with van der Waals surface area (Å²) < 4.78 is 20.8. The van der Waals surface area contributed by atoms with E-state index in [9.17, 15) is 4.79 Å². The average molecular weight is 354 g/mol. The second-order valence-electron chi connectivity index (χ2n) is 5.49. The minimum atomic E-state index is -0.573. The predicted molar refractivity (Wildman–Crippen MR) is 93.1 cm³/mol. The Morgan fingerprint density at radius 1 is 1.08 bits per heavy atom. The number of aromatic nitrogens is 2. The third-order valence-electron chi connectivity index (χ3n) is 3.73. The molecule has 1 aromatic heterocycles. The zero-order valence-corrected chi connectivity index (χ0v) is 14.7. The molecule has 26 heavy (non-hydrogen) atoms. The van der Waals surface area contributed by atoms with Crippen LogP contribution in [0.15, 0.2) is 47.0 Å². The van der Waals surface area contributed by atoms with Gasteiger partial charge in [-0.3, -0.25) is 0 Å². The second-order valence-corrected chi connectivity index (χ2v) is 5.49. The first-order chi connectivity index (χ1) is 12.6. The maximum atomic E-state index is 12.3. The van der Waals surface area contributed by atoms with Crippen LogP contribution in [0.1, 0.15) is 21.8 Å². The molecule has 0 fully saturated rings. The molecular formula is C19H18N2O5. The average Bonchev–Trinajstić information content (AvgIpc) is 3.14. The van der Waals surface area contributed by atoms with Gasteiger partial charge in [-0.2, -0.15) is 4.98 Å². The fraction of sp³-hybridized carbons (Fsp3) is 0.211. The highest BCUT2D eigenvalue weighted by Gasteiger charge is 2.19. The number of nitrogens with zero attached hydrogens (tertiary/aromatic N) is 2. The molecule has 0 aliphatic carbocycles. The normalized spacial score (nSPS) is 10.4. The number of methoxy groups -OCH3 is 2. The Hall–Kier alpha value is -3.35. The molecule has 0 amide bonds. The van der Waals surface area contributed by atoms with Crippen LogP contribution < -0.4 is 9.47 Å². The number of hydrogen-bond donors (Lipinski definition) is 0. The molecule has 3 rings (SSSR count). The van der Waals surface area contributed by atoms with Crippen LogP contribution in [0.2, 0.25) is 0 Å². The number of para-hydroxylation sites is 1. The Balaban J connectivity index is 1.70. The fourth-order valence-corrected chi connectivity index (χ4v) is 2.39. The predicted octanol–water partition coefficient (Wildman–Crippen LogP) is 3.42. The van der Waals surface area contributed by atoms with E-state index in [4.69, 9.17) is 18.7 Å². The van der Waals surface area contributed by atoms with Crippen LogP contribution in [0.4, 0.5) is 0 Å². The van der Waals surface area contributed by atoms with Crippen LogP contribution in [-0.2, 0) is 11.3 Å². The van der Waals surface area contributed by atoms with Crippen LogP contribution in [0, 0.1) is 6.92 Å². The molecule has 0 N–H and O–H groups in total. The number of aryl methyl sites for hydroxylation is 1. The van der Waals surface area contributed by atoms with Crippen molar-refractivity contribution in [2.75, 3.05) is 14.2 Å². The third-order valence-corrected chi connectivity index (χ3v) is 3.73. The summed E-state index contributed by atoms with van der Waals surface area (Å²) in [7, 11) is 2.96. The van der Waals surface area contributed by atoms with Gasteiger partial charge in [0.25, 0.3) is 5.89 Å². The van der Waals surface area contributed by atoms with Crippen LogP contribution in [0.3, 0.4) is 0 Å². The minimum Gasteiger partial charge on any atom is -0.493 e. The summed E-state index contributed by atoms with van der Waals surface area (Å²) in [6.07, 6.45) is 0. The molecule has 7 heteroatoms. The molecule has 0 aliphatic heterocycles. The van der Waals surface area contributed by atoms with E-state index in [0.717, 1.165) is 11.1 Å².